The Morgan fingerprint density at radius 3 is 2.32 bits per heavy atom. The summed E-state index contributed by atoms with van der Waals surface area (Å²) in [6.07, 6.45) is -4.43. The third kappa shape index (κ3) is 6.08. The van der Waals surface area contributed by atoms with E-state index in [0.29, 0.717) is 49.7 Å². The summed E-state index contributed by atoms with van der Waals surface area (Å²) >= 11 is 1.15. The van der Waals surface area contributed by atoms with Crippen LogP contribution in [-0.2, 0) is 12.7 Å². The standard InChI is InChI=1S/C31H22F3N7O2S/c1-18-24-15-16-25(42)41(27(24)38-29(36-18)44-30-37-26(39-40-30)20-5-3-2-4-6-20)23-13-9-21(10-14-23)28(43)35-17-19-7-11-22(12-8-19)31(32,33)34/h2-16H,17H2,1H3,(H,35,43)(H,37,39,40). The number of carbonyl (C=O) groups is 1. The third-order valence-corrected chi connectivity index (χ3v) is 7.47. The van der Waals surface area contributed by atoms with Gasteiger partial charge in [-0.1, -0.05) is 42.5 Å². The number of hydrogen-bond acceptors (Lipinski definition) is 7. The molecule has 0 aliphatic rings. The molecule has 1 amide bonds. The van der Waals surface area contributed by atoms with Gasteiger partial charge in [0.2, 0.25) is 5.16 Å². The zero-order valence-corrected chi connectivity index (χ0v) is 23.8. The molecule has 0 atom stereocenters. The van der Waals surface area contributed by atoms with Gasteiger partial charge in [0.05, 0.1) is 16.9 Å². The number of aromatic amines is 1. The molecule has 0 aliphatic heterocycles. The van der Waals surface area contributed by atoms with Crippen LogP contribution in [0.25, 0.3) is 28.1 Å². The molecule has 6 rings (SSSR count). The Balaban J connectivity index is 1.23. The molecule has 44 heavy (non-hydrogen) atoms. The fraction of sp³-hybridized carbons (Fsp3) is 0.0968. The summed E-state index contributed by atoms with van der Waals surface area (Å²) in [6, 6.07) is 23.6. The van der Waals surface area contributed by atoms with Crippen molar-refractivity contribution in [1.29, 1.82) is 0 Å². The van der Waals surface area contributed by atoms with E-state index in [2.05, 4.69) is 30.5 Å². The van der Waals surface area contributed by atoms with Gasteiger partial charge in [-0.25, -0.2) is 15.0 Å². The monoisotopic (exact) mass is 613 g/mol. The molecule has 0 saturated heterocycles. The van der Waals surface area contributed by atoms with Crippen LogP contribution in [0.5, 0.6) is 0 Å². The van der Waals surface area contributed by atoms with Gasteiger partial charge in [0, 0.05) is 29.1 Å². The van der Waals surface area contributed by atoms with Crippen LogP contribution in [0.15, 0.2) is 106 Å². The molecular formula is C31H22F3N7O2S. The molecule has 220 valence electrons. The number of rotatable bonds is 7. The number of carbonyl (C=O) groups excluding carboxylic acids is 1. The first-order valence-corrected chi connectivity index (χ1v) is 14.1. The quantitative estimate of drug-likeness (QED) is 0.213. The van der Waals surface area contributed by atoms with Crippen LogP contribution < -0.4 is 10.9 Å². The summed E-state index contributed by atoms with van der Waals surface area (Å²) in [7, 11) is 0. The van der Waals surface area contributed by atoms with E-state index in [1.54, 1.807) is 30.3 Å². The molecule has 3 aromatic heterocycles. The minimum Gasteiger partial charge on any atom is -0.348 e. The number of amides is 1. The van der Waals surface area contributed by atoms with E-state index < -0.39 is 17.6 Å². The fourth-order valence-electron chi connectivity index (χ4n) is 4.49. The molecule has 0 aliphatic carbocycles. The molecule has 2 N–H and O–H groups in total. The SMILES string of the molecule is Cc1nc(Sc2n[nH]c(-c3ccccc3)n2)nc2c1ccc(=O)n2-c1ccc(C(=O)NCc2ccc(C(F)(F)F)cc2)cc1. The Morgan fingerprint density at radius 1 is 0.886 bits per heavy atom. The Kier molecular flexibility index (Phi) is 7.70. The van der Waals surface area contributed by atoms with Gasteiger partial charge in [0.15, 0.2) is 16.6 Å². The number of fused-ring (bicyclic) bond motifs is 1. The lowest BCUT2D eigenvalue weighted by atomic mass is 10.1. The van der Waals surface area contributed by atoms with Crippen molar-refractivity contribution in [2.24, 2.45) is 0 Å². The third-order valence-electron chi connectivity index (χ3n) is 6.74. The topological polar surface area (TPSA) is 118 Å². The van der Waals surface area contributed by atoms with E-state index in [9.17, 15) is 22.8 Å². The first kappa shape index (κ1) is 28.8. The maximum Gasteiger partial charge on any atom is 0.416 e. The molecule has 13 heteroatoms. The molecule has 0 unspecified atom stereocenters. The molecule has 6 aromatic rings. The molecule has 3 heterocycles. The van der Waals surface area contributed by atoms with Gasteiger partial charge in [-0.2, -0.15) is 13.2 Å². The average molecular weight is 614 g/mol. The first-order chi connectivity index (χ1) is 21.2. The highest BCUT2D eigenvalue weighted by atomic mass is 32.2. The second-order valence-corrected chi connectivity index (χ2v) is 10.6. The fourth-order valence-corrected chi connectivity index (χ4v) is 5.20. The van der Waals surface area contributed by atoms with Crippen molar-refractivity contribution in [3.63, 3.8) is 0 Å². The van der Waals surface area contributed by atoms with Crippen LogP contribution in [0.1, 0.15) is 27.2 Å². The van der Waals surface area contributed by atoms with Gasteiger partial charge in [0.1, 0.15) is 0 Å². The minimum absolute atomic E-state index is 0.0514. The van der Waals surface area contributed by atoms with Gasteiger partial charge in [-0.15, -0.1) is 5.10 Å². The summed E-state index contributed by atoms with van der Waals surface area (Å²) in [6.45, 7) is 1.87. The second kappa shape index (κ2) is 11.8. The first-order valence-electron chi connectivity index (χ1n) is 13.3. The number of aryl methyl sites for hydroxylation is 1. The molecule has 9 nitrogen and oxygen atoms in total. The average Bonchev–Trinajstić information content (AvgIpc) is 3.48. The lowest BCUT2D eigenvalue weighted by molar-refractivity contribution is -0.137. The Labute approximate surface area is 252 Å². The van der Waals surface area contributed by atoms with Gasteiger partial charge < -0.3 is 5.32 Å². The molecule has 0 spiro atoms. The summed E-state index contributed by atoms with van der Waals surface area (Å²) in [5.41, 5.74) is 2.16. The smallest absolute Gasteiger partial charge is 0.348 e. The number of nitrogens with one attached hydrogen (secondary N) is 2. The summed E-state index contributed by atoms with van der Waals surface area (Å²) < 4.78 is 39.8. The Morgan fingerprint density at radius 2 is 1.61 bits per heavy atom. The van der Waals surface area contributed by atoms with Gasteiger partial charge in [-0.3, -0.25) is 19.3 Å². The molecule has 3 aromatic carbocycles. The number of halogens is 3. The highest BCUT2D eigenvalue weighted by molar-refractivity contribution is 7.99. The number of alkyl halides is 3. The maximum atomic E-state index is 13.1. The highest BCUT2D eigenvalue weighted by Gasteiger charge is 2.29. The van der Waals surface area contributed by atoms with Crippen LogP contribution >= 0.6 is 11.8 Å². The molecule has 0 bridgehead atoms. The summed E-state index contributed by atoms with van der Waals surface area (Å²) in [5, 5.41) is 11.3. The molecule has 0 fully saturated rings. The van der Waals surface area contributed by atoms with Crippen molar-refractivity contribution in [1.82, 2.24) is 35.0 Å². The van der Waals surface area contributed by atoms with Gasteiger partial charge in [-0.05, 0) is 66.7 Å². The highest BCUT2D eigenvalue weighted by Crippen LogP contribution is 2.29. The lowest BCUT2D eigenvalue weighted by Gasteiger charge is -2.12. The zero-order valence-electron chi connectivity index (χ0n) is 23.0. The number of aromatic nitrogens is 6. The van der Waals surface area contributed by atoms with Crippen molar-refractivity contribution in [3.05, 3.63) is 124 Å². The van der Waals surface area contributed by atoms with Crippen molar-refractivity contribution in [2.45, 2.75) is 30.0 Å². The van der Waals surface area contributed by atoms with Crippen LogP contribution in [0.4, 0.5) is 13.2 Å². The van der Waals surface area contributed by atoms with Crippen molar-refractivity contribution >= 4 is 28.7 Å². The normalized spacial score (nSPS) is 11.5. The van der Waals surface area contributed by atoms with Crippen molar-refractivity contribution in [3.8, 4) is 17.1 Å². The number of hydrogen-bond donors (Lipinski definition) is 2. The molecule has 0 radical (unpaired) electrons. The van der Waals surface area contributed by atoms with Crippen LogP contribution in [-0.4, -0.2) is 35.6 Å². The van der Waals surface area contributed by atoms with Crippen molar-refractivity contribution < 1.29 is 18.0 Å². The van der Waals surface area contributed by atoms with Gasteiger partial charge in [0.25, 0.3) is 11.5 Å². The van der Waals surface area contributed by atoms with E-state index in [1.807, 2.05) is 37.3 Å². The van der Waals surface area contributed by atoms with Gasteiger partial charge >= 0.3 is 6.18 Å². The van der Waals surface area contributed by atoms with E-state index in [-0.39, 0.29) is 12.1 Å². The van der Waals surface area contributed by atoms with Crippen LogP contribution in [0.2, 0.25) is 0 Å². The van der Waals surface area contributed by atoms with Crippen molar-refractivity contribution in [2.75, 3.05) is 0 Å². The maximum absolute atomic E-state index is 13.1. The van der Waals surface area contributed by atoms with E-state index in [4.69, 9.17) is 0 Å². The molecule has 0 saturated carbocycles. The summed E-state index contributed by atoms with van der Waals surface area (Å²) in [5.74, 6) is 0.186. The van der Waals surface area contributed by atoms with E-state index in [1.165, 1.54) is 22.8 Å². The van der Waals surface area contributed by atoms with Crippen LogP contribution in [0.3, 0.4) is 0 Å². The van der Waals surface area contributed by atoms with Crippen LogP contribution in [0, 0.1) is 6.92 Å². The second-order valence-electron chi connectivity index (χ2n) is 9.69. The zero-order chi connectivity index (χ0) is 30.8. The number of pyridine rings is 1. The number of nitrogens with zero attached hydrogens (tertiary/aromatic N) is 5. The number of H-pyrrole nitrogens is 1. The predicted molar refractivity (Wildman–Crippen MR) is 158 cm³/mol. The Hall–Kier alpha value is -5.30. The predicted octanol–water partition coefficient (Wildman–Crippen LogP) is 5.97. The van der Waals surface area contributed by atoms with E-state index in [0.717, 1.165) is 29.5 Å². The molecular weight excluding hydrogens is 591 g/mol. The summed E-state index contributed by atoms with van der Waals surface area (Å²) in [4.78, 5) is 39.5. The lowest BCUT2D eigenvalue weighted by Crippen LogP contribution is -2.23. The Bertz CT molecular complexity index is 2030. The largest absolute Gasteiger partial charge is 0.416 e. The number of benzene rings is 3. The van der Waals surface area contributed by atoms with E-state index >= 15 is 0 Å². The minimum atomic E-state index is -4.43.